The van der Waals surface area contributed by atoms with Crippen molar-refractivity contribution >= 4 is 0 Å². The van der Waals surface area contributed by atoms with Gasteiger partial charge in [-0.1, -0.05) is 6.92 Å². The molecule has 0 spiro atoms. The number of rotatable bonds is 6. The third-order valence-electron chi connectivity index (χ3n) is 3.44. The minimum atomic E-state index is -1.40. The Morgan fingerprint density at radius 1 is 1.36 bits per heavy atom. The summed E-state index contributed by atoms with van der Waals surface area (Å²) in [5.41, 5.74) is -1.16. The molecule has 0 aliphatic carbocycles. The fourth-order valence-electron chi connectivity index (χ4n) is 2.26. The van der Waals surface area contributed by atoms with Gasteiger partial charge in [-0.25, -0.2) is 4.79 Å². The first-order chi connectivity index (χ1) is 10.5. The van der Waals surface area contributed by atoms with Crippen LogP contribution >= 0.6 is 0 Å². The van der Waals surface area contributed by atoms with Crippen LogP contribution < -0.4 is 11.2 Å². The molecule has 4 atom stereocenters. The van der Waals surface area contributed by atoms with Crippen LogP contribution in [0.2, 0.25) is 0 Å². The number of aromatic nitrogens is 2. The smallest absolute Gasteiger partial charge is 0.330 e. The van der Waals surface area contributed by atoms with Crippen molar-refractivity contribution < 1.29 is 24.8 Å². The molecule has 0 radical (unpaired) electrons. The van der Waals surface area contributed by atoms with E-state index in [2.05, 4.69) is 4.98 Å². The summed E-state index contributed by atoms with van der Waals surface area (Å²) in [7, 11) is 0. The summed E-state index contributed by atoms with van der Waals surface area (Å²) in [4.78, 5) is 25.7. The molecule has 1 aromatic heterocycles. The molecule has 9 nitrogen and oxygen atoms in total. The number of nitrogens with zero attached hydrogens (tertiary/aromatic N) is 1. The van der Waals surface area contributed by atoms with Gasteiger partial charge in [0.1, 0.15) is 18.3 Å². The molecule has 9 heteroatoms. The molecule has 1 fully saturated rings. The van der Waals surface area contributed by atoms with Crippen molar-refractivity contribution in [1.82, 2.24) is 9.55 Å². The molecule has 22 heavy (non-hydrogen) atoms. The van der Waals surface area contributed by atoms with Crippen LogP contribution in [0, 0.1) is 0 Å². The maximum Gasteiger partial charge on any atom is 0.330 e. The van der Waals surface area contributed by atoms with E-state index in [-0.39, 0.29) is 12.2 Å². The molecule has 0 amide bonds. The fourth-order valence-corrected chi connectivity index (χ4v) is 2.26. The van der Waals surface area contributed by atoms with Crippen molar-refractivity contribution in [2.24, 2.45) is 0 Å². The summed E-state index contributed by atoms with van der Waals surface area (Å²) >= 11 is 0. The molecule has 124 valence electrons. The average Bonchev–Trinajstić information content (AvgIpc) is 2.77. The number of aliphatic hydroxyl groups is 3. The topological polar surface area (TPSA) is 134 Å². The van der Waals surface area contributed by atoms with Crippen LogP contribution in [0.1, 0.15) is 25.1 Å². The largest absolute Gasteiger partial charge is 0.394 e. The van der Waals surface area contributed by atoms with Crippen molar-refractivity contribution in [3.63, 3.8) is 0 Å². The quantitative estimate of drug-likeness (QED) is 0.449. The highest BCUT2D eigenvalue weighted by molar-refractivity contribution is 5.05. The summed E-state index contributed by atoms with van der Waals surface area (Å²) < 4.78 is 11.5. The van der Waals surface area contributed by atoms with Gasteiger partial charge in [0, 0.05) is 12.8 Å². The minimum Gasteiger partial charge on any atom is -0.394 e. The van der Waals surface area contributed by atoms with E-state index >= 15 is 0 Å². The Kier molecular flexibility index (Phi) is 5.48. The first kappa shape index (κ1) is 16.8. The second kappa shape index (κ2) is 7.16. The zero-order chi connectivity index (χ0) is 16.3. The second-order valence-electron chi connectivity index (χ2n) is 5.10. The van der Waals surface area contributed by atoms with E-state index in [9.17, 15) is 19.8 Å². The Morgan fingerprint density at radius 3 is 2.68 bits per heavy atom. The number of hydrogen-bond donors (Lipinski definition) is 4. The van der Waals surface area contributed by atoms with Crippen molar-refractivity contribution in [3.05, 3.63) is 32.6 Å². The number of hydrogen-bond acceptors (Lipinski definition) is 7. The van der Waals surface area contributed by atoms with Crippen LogP contribution in [-0.2, 0) is 16.1 Å². The molecule has 1 aliphatic heterocycles. The van der Waals surface area contributed by atoms with Gasteiger partial charge in [0.25, 0.3) is 5.56 Å². The molecule has 2 rings (SSSR count). The summed E-state index contributed by atoms with van der Waals surface area (Å²) in [5, 5.41) is 28.7. The molecule has 0 saturated carbocycles. The Labute approximate surface area is 125 Å². The van der Waals surface area contributed by atoms with Crippen LogP contribution in [-0.4, -0.2) is 56.4 Å². The van der Waals surface area contributed by atoms with Crippen LogP contribution in [0.25, 0.3) is 0 Å². The molecular weight excluding hydrogens is 296 g/mol. The minimum absolute atomic E-state index is 0.0122. The van der Waals surface area contributed by atoms with Crippen molar-refractivity contribution in [2.75, 3.05) is 13.2 Å². The van der Waals surface area contributed by atoms with E-state index in [1.165, 1.54) is 6.20 Å². The number of ether oxygens (including phenoxy) is 2. The molecule has 2 heterocycles. The van der Waals surface area contributed by atoms with E-state index in [4.69, 9.17) is 14.6 Å². The van der Waals surface area contributed by atoms with Crippen LogP contribution in [0.15, 0.2) is 15.8 Å². The van der Waals surface area contributed by atoms with Crippen molar-refractivity contribution in [1.29, 1.82) is 0 Å². The SMILES string of the molecule is CCCOCc1cn([C@@H]2O[C@H](CO)[C@@H](O)[C@H]2O)c(=O)[nH]c1=O. The lowest BCUT2D eigenvalue weighted by Crippen LogP contribution is -2.39. The van der Waals surface area contributed by atoms with E-state index < -0.39 is 42.4 Å². The maximum absolute atomic E-state index is 11.9. The van der Waals surface area contributed by atoms with Gasteiger partial charge >= 0.3 is 5.69 Å². The van der Waals surface area contributed by atoms with Gasteiger partial charge in [-0.15, -0.1) is 0 Å². The molecule has 1 aromatic rings. The normalized spacial score (nSPS) is 28.2. The summed E-state index contributed by atoms with van der Waals surface area (Å²) in [6, 6.07) is 0. The number of H-pyrrole nitrogens is 1. The maximum atomic E-state index is 11.9. The average molecular weight is 316 g/mol. The number of aliphatic hydroxyl groups excluding tert-OH is 3. The van der Waals surface area contributed by atoms with Gasteiger partial charge < -0.3 is 24.8 Å². The molecule has 0 unspecified atom stereocenters. The van der Waals surface area contributed by atoms with Gasteiger partial charge in [0.05, 0.1) is 18.8 Å². The van der Waals surface area contributed by atoms with Gasteiger partial charge in [0.2, 0.25) is 0 Å². The van der Waals surface area contributed by atoms with Gasteiger partial charge in [-0.05, 0) is 6.42 Å². The lowest BCUT2D eigenvalue weighted by atomic mass is 10.1. The fraction of sp³-hybridized carbons (Fsp3) is 0.692. The highest BCUT2D eigenvalue weighted by Crippen LogP contribution is 2.27. The molecule has 0 bridgehead atoms. The lowest BCUT2D eigenvalue weighted by Gasteiger charge is -2.18. The standard InChI is InChI=1S/C13H20N2O7/c1-2-3-21-6-7-4-15(13(20)14-11(7)19)12-10(18)9(17)8(5-16)22-12/h4,8-10,12,16-18H,2-3,5-6H2,1H3,(H,14,19,20)/t8-,9-,10-,12-/m1/s1. The zero-order valence-corrected chi connectivity index (χ0v) is 12.1. The molecule has 1 saturated heterocycles. The Morgan fingerprint density at radius 2 is 2.09 bits per heavy atom. The molecule has 0 aromatic carbocycles. The van der Waals surface area contributed by atoms with Crippen LogP contribution in [0.4, 0.5) is 0 Å². The van der Waals surface area contributed by atoms with E-state index in [1.54, 1.807) is 0 Å². The third kappa shape index (κ3) is 3.28. The third-order valence-corrected chi connectivity index (χ3v) is 3.44. The van der Waals surface area contributed by atoms with Crippen LogP contribution in [0.3, 0.4) is 0 Å². The van der Waals surface area contributed by atoms with Gasteiger partial charge in [-0.3, -0.25) is 14.3 Å². The van der Waals surface area contributed by atoms with E-state index in [0.717, 1.165) is 11.0 Å². The highest BCUT2D eigenvalue weighted by Gasteiger charge is 2.43. The predicted molar refractivity (Wildman–Crippen MR) is 74.3 cm³/mol. The van der Waals surface area contributed by atoms with Crippen molar-refractivity contribution in [2.45, 2.75) is 44.5 Å². The summed E-state index contributed by atoms with van der Waals surface area (Å²) in [6.07, 6.45) is -2.90. The molecular formula is C13H20N2O7. The summed E-state index contributed by atoms with van der Waals surface area (Å²) in [5.74, 6) is 0. The predicted octanol–water partition coefficient (Wildman–Crippen LogP) is -1.93. The van der Waals surface area contributed by atoms with E-state index in [1.807, 2.05) is 6.92 Å². The number of aromatic amines is 1. The number of nitrogens with one attached hydrogen (secondary N) is 1. The van der Waals surface area contributed by atoms with Gasteiger partial charge in [0.15, 0.2) is 6.23 Å². The highest BCUT2D eigenvalue weighted by atomic mass is 16.6. The first-order valence-electron chi connectivity index (χ1n) is 7.04. The van der Waals surface area contributed by atoms with E-state index in [0.29, 0.717) is 6.61 Å². The Bertz CT molecular complexity index is 611. The van der Waals surface area contributed by atoms with Gasteiger partial charge in [-0.2, -0.15) is 0 Å². The van der Waals surface area contributed by atoms with Crippen LogP contribution in [0.5, 0.6) is 0 Å². The zero-order valence-electron chi connectivity index (χ0n) is 12.1. The lowest BCUT2D eigenvalue weighted by molar-refractivity contribution is -0.0553. The molecule has 4 N–H and O–H groups in total. The monoisotopic (exact) mass is 316 g/mol. The molecule has 1 aliphatic rings. The Balaban J connectivity index is 2.29. The van der Waals surface area contributed by atoms with Crippen molar-refractivity contribution in [3.8, 4) is 0 Å². The summed E-state index contributed by atoms with van der Waals surface area (Å²) in [6.45, 7) is 1.90. The Hall–Kier alpha value is -1.52. The second-order valence-corrected chi connectivity index (χ2v) is 5.10. The first-order valence-corrected chi connectivity index (χ1v) is 7.04.